The number of nitrogens with zero attached hydrogens (tertiary/aromatic N) is 2. The van der Waals surface area contributed by atoms with Gasteiger partial charge in [0.1, 0.15) is 5.82 Å². The van der Waals surface area contributed by atoms with E-state index in [0.29, 0.717) is 12.1 Å². The largest absolute Gasteiger partial charge is 0.359 e. The van der Waals surface area contributed by atoms with E-state index in [9.17, 15) is 9.18 Å². The molecule has 2 aromatic heterocycles. The zero-order valence-electron chi connectivity index (χ0n) is 14.3. The van der Waals surface area contributed by atoms with Crippen LogP contribution in [0.1, 0.15) is 41.6 Å². The summed E-state index contributed by atoms with van der Waals surface area (Å²) in [7, 11) is 0. The number of carbonyl (C=O) groups excluding carboxylic acids is 1. The molecule has 3 heterocycles. The van der Waals surface area contributed by atoms with Gasteiger partial charge in [-0.15, -0.1) is 0 Å². The molecule has 1 aliphatic heterocycles. The van der Waals surface area contributed by atoms with Crippen LogP contribution in [0.25, 0.3) is 10.9 Å². The van der Waals surface area contributed by atoms with Crippen molar-refractivity contribution in [2.24, 2.45) is 0 Å². The van der Waals surface area contributed by atoms with E-state index in [1.54, 1.807) is 6.07 Å². The van der Waals surface area contributed by atoms with Gasteiger partial charge in [-0.2, -0.15) is 0 Å². The number of benzene rings is 1. The number of halogens is 1. The highest BCUT2D eigenvalue weighted by Crippen LogP contribution is 2.33. The molecule has 0 bridgehead atoms. The molecule has 1 N–H and O–H groups in total. The standard InChI is InChI=1S/C19H20FN3O2/c1-11-9-17(25-22-11)16-7-4-8-23(16)18(24)10-14-12(2)21-19-13(14)5-3-6-15(19)20/h3,5-6,9,16,21H,4,7-8,10H2,1-2H3/t16-/m1/s1. The Kier molecular flexibility index (Phi) is 3.82. The van der Waals surface area contributed by atoms with Crippen LogP contribution < -0.4 is 0 Å². The maximum atomic E-state index is 14.0. The molecule has 5 nitrogen and oxygen atoms in total. The number of carbonyl (C=O) groups is 1. The van der Waals surface area contributed by atoms with Crippen LogP contribution in [0.4, 0.5) is 4.39 Å². The van der Waals surface area contributed by atoms with Crippen molar-refractivity contribution < 1.29 is 13.7 Å². The van der Waals surface area contributed by atoms with Crippen LogP contribution in [0.15, 0.2) is 28.8 Å². The maximum absolute atomic E-state index is 14.0. The van der Waals surface area contributed by atoms with Crippen LogP contribution in [-0.2, 0) is 11.2 Å². The molecule has 1 aromatic carbocycles. The summed E-state index contributed by atoms with van der Waals surface area (Å²) in [6, 6.07) is 6.78. The number of para-hydroxylation sites is 1. The highest BCUT2D eigenvalue weighted by atomic mass is 19.1. The minimum absolute atomic E-state index is 0.0322. The van der Waals surface area contributed by atoms with E-state index in [4.69, 9.17) is 4.52 Å². The molecule has 1 atom stereocenters. The summed E-state index contributed by atoms with van der Waals surface area (Å²) in [5, 5.41) is 4.71. The third kappa shape index (κ3) is 2.71. The molecule has 0 saturated carbocycles. The number of amides is 1. The van der Waals surface area contributed by atoms with Crippen molar-refractivity contribution in [3.63, 3.8) is 0 Å². The summed E-state index contributed by atoms with van der Waals surface area (Å²) in [5.74, 6) is 0.477. The molecule has 1 fully saturated rings. The fourth-order valence-electron chi connectivity index (χ4n) is 3.75. The normalized spacial score (nSPS) is 17.6. The molecule has 1 aliphatic rings. The smallest absolute Gasteiger partial charge is 0.227 e. The van der Waals surface area contributed by atoms with Crippen LogP contribution >= 0.6 is 0 Å². The van der Waals surface area contributed by atoms with E-state index in [1.165, 1.54) is 6.07 Å². The van der Waals surface area contributed by atoms with Gasteiger partial charge >= 0.3 is 0 Å². The van der Waals surface area contributed by atoms with Crippen LogP contribution in [0.2, 0.25) is 0 Å². The number of rotatable bonds is 3. The van der Waals surface area contributed by atoms with Crippen molar-refractivity contribution in [1.82, 2.24) is 15.0 Å². The van der Waals surface area contributed by atoms with Crippen molar-refractivity contribution in [3.8, 4) is 0 Å². The van der Waals surface area contributed by atoms with Crippen LogP contribution in [0.5, 0.6) is 0 Å². The number of aryl methyl sites for hydroxylation is 2. The van der Waals surface area contributed by atoms with E-state index in [1.807, 2.05) is 30.9 Å². The minimum atomic E-state index is -0.296. The summed E-state index contributed by atoms with van der Waals surface area (Å²) >= 11 is 0. The quantitative estimate of drug-likeness (QED) is 0.788. The lowest BCUT2D eigenvalue weighted by Gasteiger charge is -2.22. The van der Waals surface area contributed by atoms with Gasteiger partial charge < -0.3 is 14.4 Å². The lowest BCUT2D eigenvalue weighted by Crippen LogP contribution is -2.31. The monoisotopic (exact) mass is 341 g/mol. The Balaban J connectivity index is 1.62. The topological polar surface area (TPSA) is 62.1 Å². The maximum Gasteiger partial charge on any atom is 0.227 e. The first kappa shape index (κ1) is 15.9. The Morgan fingerprint density at radius 1 is 1.44 bits per heavy atom. The molecular formula is C19H20FN3O2. The Morgan fingerprint density at radius 2 is 2.28 bits per heavy atom. The van der Waals surface area contributed by atoms with Crippen molar-refractivity contribution in [3.05, 3.63) is 52.8 Å². The number of hydrogen-bond donors (Lipinski definition) is 1. The number of nitrogens with one attached hydrogen (secondary N) is 1. The first-order valence-electron chi connectivity index (χ1n) is 8.53. The second-order valence-electron chi connectivity index (χ2n) is 6.68. The first-order chi connectivity index (χ1) is 12.0. The van der Waals surface area contributed by atoms with Crippen LogP contribution in [0, 0.1) is 19.7 Å². The third-order valence-corrected chi connectivity index (χ3v) is 4.98. The third-order valence-electron chi connectivity index (χ3n) is 4.98. The molecule has 0 aliphatic carbocycles. The van der Waals surface area contributed by atoms with Gasteiger partial charge in [-0.3, -0.25) is 4.79 Å². The Hall–Kier alpha value is -2.63. The molecule has 3 aromatic rings. The average Bonchev–Trinajstić information content (AvgIpc) is 3.28. The zero-order valence-corrected chi connectivity index (χ0v) is 14.3. The molecule has 6 heteroatoms. The van der Waals surface area contributed by atoms with Gasteiger partial charge in [-0.1, -0.05) is 17.3 Å². The number of fused-ring (bicyclic) bond motifs is 1. The van der Waals surface area contributed by atoms with Gasteiger partial charge in [0.2, 0.25) is 5.91 Å². The SMILES string of the molecule is Cc1cc([C@H]2CCCN2C(=O)Cc2c(C)[nH]c3c(F)cccc23)on1. The predicted molar refractivity (Wildman–Crippen MR) is 91.6 cm³/mol. The number of aromatic nitrogens is 2. The van der Waals surface area contributed by atoms with E-state index < -0.39 is 0 Å². The van der Waals surface area contributed by atoms with Crippen molar-refractivity contribution >= 4 is 16.8 Å². The van der Waals surface area contributed by atoms with E-state index in [-0.39, 0.29) is 24.2 Å². The molecular weight excluding hydrogens is 321 g/mol. The fraction of sp³-hybridized carbons (Fsp3) is 0.368. The van der Waals surface area contributed by atoms with E-state index >= 15 is 0 Å². The Bertz CT molecular complexity index is 943. The summed E-state index contributed by atoms with van der Waals surface area (Å²) in [6.07, 6.45) is 2.07. The minimum Gasteiger partial charge on any atom is -0.359 e. The van der Waals surface area contributed by atoms with Gasteiger partial charge in [0.15, 0.2) is 5.76 Å². The van der Waals surface area contributed by atoms with Crippen LogP contribution in [-0.4, -0.2) is 27.5 Å². The zero-order chi connectivity index (χ0) is 17.6. The summed E-state index contributed by atoms with van der Waals surface area (Å²) < 4.78 is 19.3. The summed E-state index contributed by atoms with van der Waals surface area (Å²) in [5.41, 5.74) is 2.97. The number of hydrogen-bond acceptors (Lipinski definition) is 3. The summed E-state index contributed by atoms with van der Waals surface area (Å²) in [6.45, 7) is 4.46. The first-order valence-corrected chi connectivity index (χ1v) is 8.53. The molecule has 0 unspecified atom stereocenters. The second-order valence-corrected chi connectivity index (χ2v) is 6.68. The Labute approximate surface area is 144 Å². The van der Waals surface area contributed by atoms with Gasteiger partial charge in [0.05, 0.1) is 23.7 Å². The second kappa shape index (κ2) is 6.02. The average molecular weight is 341 g/mol. The Morgan fingerprint density at radius 3 is 3.04 bits per heavy atom. The molecule has 25 heavy (non-hydrogen) atoms. The van der Waals surface area contributed by atoms with Gasteiger partial charge in [-0.05, 0) is 38.3 Å². The highest BCUT2D eigenvalue weighted by molar-refractivity contribution is 5.90. The summed E-state index contributed by atoms with van der Waals surface area (Å²) in [4.78, 5) is 17.9. The lowest BCUT2D eigenvalue weighted by atomic mass is 10.1. The fourth-order valence-corrected chi connectivity index (χ4v) is 3.75. The molecule has 0 radical (unpaired) electrons. The van der Waals surface area contributed by atoms with Crippen molar-refractivity contribution in [1.29, 1.82) is 0 Å². The predicted octanol–water partition coefficient (Wildman–Crippen LogP) is 3.82. The van der Waals surface area contributed by atoms with Crippen molar-refractivity contribution in [2.45, 2.75) is 39.2 Å². The number of likely N-dealkylation sites (tertiary alicyclic amines) is 1. The van der Waals surface area contributed by atoms with Gasteiger partial charge in [0, 0.05) is 23.7 Å². The molecule has 1 saturated heterocycles. The van der Waals surface area contributed by atoms with E-state index in [0.717, 1.165) is 40.9 Å². The lowest BCUT2D eigenvalue weighted by molar-refractivity contribution is -0.131. The van der Waals surface area contributed by atoms with Crippen LogP contribution in [0.3, 0.4) is 0 Å². The molecule has 4 rings (SSSR count). The highest BCUT2D eigenvalue weighted by Gasteiger charge is 2.33. The van der Waals surface area contributed by atoms with Gasteiger partial charge in [0.25, 0.3) is 0 Å². The van der Waals surface area contributed by atoms with Crippen molar-refractivity contribution in [2.75, 3.05) is 6.54 Å². The molecule has 1 amide bonds. The van der Waals surface area contributed by atoms with Gasteiger partial charge in [-0.25, -0.2) is 4.39 Å². The molecule has 130 valence electrons. The molecule has 0 spiro atoms. The van der Waals surface area contributed by atoms with E-state index in [2.05, 4.69) is 10.1 Å². The number of aromatic amines is 1. The number of H-pyrrole nitrogens is 1.